The zero-order chi connectivity index (χ0) is 45.8. The van der Waals surface area contributed by atoms with Crippen molar-refractivity contribution in [3.8, 4) is 0 Å². The van der Waals surface area contributed by atoms with E-state index in [1.54, 1.807) is 0 Å². The average Bonchev–Trinajstić information content (AvgIpc) is 3.28. The second kappa shape index (κ2) is 51.5. The lowest BCUT2D eigenvalue weighted by molar-refractivity contribution is -0.167. The van der Waals surface area contributed by atoms with Gasteiger partial charge in [-0.05, 0) is 109 Å². The van der Waals surface area contributed by atoms with E-state index in [0.29, 0.717) is 12.8 Å². The predicted molar refractivity (Wildman–Crippen MR) is 270 cm³/mol. The van der Waals surface area contributed by atoms with Gasteiger partial charge < -0.3 is 14.2 Å². The summed E-state index contributed by atoms with van der Waals surface area (Å²) in [6.45, 7) is 6.46. The summed E-state index contributed by atoms with van der Waals surface area (Å²) in [5.41, 5.74) is 0. The van der Waals surface area contributed by atoms with E-state index in [-0.39, 0.29) is 37.5 Å². The second-order valence-corrected chi connectivity index (χ2v) is 17.4. The second-order valence-electron chi connectivity index (χ2n) is 17.4. The number of hydrogen-bond acceptors (Lipinski definition) is 6. The molecule has 0 radical (unpaired) electrons. The largest absolute Gasteiger partial charge is 0.462 e. The zero-order valence-electron chi connectivity index (χ0n) is 41.3. The summed E-state index contributed by atoms with van der Waals surface area (Å²) in [6, 6.07) is 0. The maximum atomic E-state index is 12.8. The monoisotopic (exact) mass is 879 g/mol. The van der Waals surface area contributed by atoms with Crippen LogP contribution in [0.25, 0.3) is 0 Å². The molecule has 6 heteroatoms. The first-order valence-electron chi connectivity index (χ1n) is 26.4. The van der Waals surface area contributed by atoms with Crippen LogP contribution in [0.2, 0.25) is 0 Å². The number of ether oxygens (including phenoxy) is 3. The molecule has 0 spiro atoms. The van der Waals surface area contributed by atoms with E-state index in [9.17, 15) is 14.4 Å². The topological polar surface area (TPSA) is 78.9 Å². The van der Waals surface area contributed by atoms with E-state index in [4.69, 9.17) is 14.2 Å². The summed E-state index contributed by atoms with van der Waals surface area (Å²) < 4.78 is 16.8. The standard InChI is InChI=1S/C57H98O6/c1-4-7-10-13-16-19-22-25-27-29-31-32-35-38-41-44-47-50-56(59)62-53-54(52-61-55(58)49-46-43-40-37-34-24-21-18-15-12-9-6-3)63-57(60)51-48-45-42-39-36-33-30-28-26-23-20-17-14-11-8-5-2/h8,11,17-18,20-21,25-28,33,36,54H,4-7,9-10,12-16,19,22-24,29-32,34-35,37-53H2,1-3H3/b11-8-,20-17-,21-18-,27-25-,28-26-,36-33-. The van der Waals surface area contributed by atoms with Crippen LogP contribution < -0.4 is 0 Å². The van der Waals surface area contributed by atoms with Gasteiger partial charge in [-0.2, -0.15) is 0 Å². The highest BCUT2D eigenvalue weighted by molar-refractivity contribution is 5.71. The molecule has 0 aliphatic rings. The maximum Gasteiger partial charge on any atom is 0.306 e. The van der Waals surface area contributed by atoms with E-state index in [2.05, 4.69) is 93.7 Å². The fraction of sp³-hybridized carbons (Fsp3) is 0.737. The van der Waals surface area contributed by atoms with Gasteiger partial charge in [0.15, 0.2) is 6.10 Å². The fourth-order valence-electron chi connectivity index (χ4n) is 7.19. The number of esters is 3. The highest BCUT2D eigenvalue weighted by Crippen LogP contribution is 2.14. The van der Waals surface area contributed by atoms with Crippen molar-refractivity contribution >= 4 is 17.9 Å². The van der Waals surface area contributed by atoms with E-state index in [1.165, 1.54) is 116 Å². The molecule has 0 rings (SSSR count). The smallest absolute Gasteiger partial charge is 0.306 e. The third-order valence-corrected chi connectivity index (χ3v) is 11.2. The Kier molecular flexibility index (Phi) is 48.9. The third-order valence-electron chi connectivity index (χ3n) is 11.2. The lowest BCUT2D eigenvalue weighted by atomic mass is 10.1. The molecule has 6 nitrogen and oxygen atoms in total. The molecule has 0 aromatic heterocycles. The van der Waals surface area contributed by atoms with Gasteiger partial charge >= 0.3 is 17.9 Å². The molecule has 1 atom stereocenters. The number of hydrogen-bond donors (Lipinski definition) is 0. The molecular weight excluding hydrogens is 781 g/mol. The number of carbonyl (C=O) groups excluding carboxylic acids is 3. The molecule has 0 aliphatic carbocycles. The fourth-order valence-corrected chi connectivity index (χ4v) is 7.19. The van der Waals surface area contributed by atoms with Crippen molar-refractivity contribution in [2.24, 2.45) is 0 Å². The van der Waals surface area contributed by atoms with Crippen LogP contribution in [0, 0.1) is 0 Å². The summed E-state index contributed by atoms with van der Waals surface area (Å²) >= 11 is 0. The molecule has 0 aromatic carbocycles. The summed E-state index contributed by atoms with van der Waals surface area (Å²) in [5.74, 6) is -0.936. The minimum Gasteiger partial charge on any atom is -0.462 e. The molecule has 0 saturated heterocycles. The SMILES string of the molecule is CC/C=C\C/C=C\C/C=C\C/C=C\CCCCCC(=O)OC(COC(=O)CCCCCCC/C=C\CCCCC)COC(=O)CCCCCCCCC/C=C\CCCCCCCC. The number of allylic oxidation sites excluding steroid dienone is 12. The van der Waals surface area contributed by atoms with Gasteiger partial charge in [-0.3, -0.25) is 14.4 Å². The summed E-state index contributed by atoms with van der Waals surface area (Å²) in [7, 11) is 0. The predicted octanol–water partition coefficient (Wildman–Crippen LogP) is 17.4. The van der Waals surface area contributed by atoms with Crippen molar-refractivity contribution in [2.75, 3.05) is 13.2 Å². The van der Waals surface area contributed by atoms with Gasteiger partial charge in [0, 0.05) is 19.3 Å². The Balaban J connectivity index is 4.43. The van der Waals surface area contributed by atoms with Crippen LogP contribution in [0.4, 0.5) is 0 Å². The van der Waals surface area contributed by atoms with Gasteiger partial charge in [0.05, 0.1) is 0 Å². The van der Waals surface area contributed by atoms with Crippen molar-refractivity contribution in [3.05, 3.63) is 72.9 Å². The van der Waals surface area contributed by atoms with Crippen LogP contribution in [0.5, 0.6) is 0 Å². The Morgan fingerprint density at radius 2 is 0.619 bits per heavy atom. The van der Waals surface area contributed by atoms with Gasteiger partial charge in [0.2, 0.25) is 0 Å². The maximum absolute atomic E-state index is 12.8. The molecule has 0 fully saturated rings. The highest BCUT2D eigenvalue weighted by Gasteiger charge is 2.19. The molecule has 0 heterocycles. The Bertz CT molecular complexity index is 1190. The van der Waals surface area contributed by atoms with Crippen LogP contribution >= 0.6 is 0 Å². The molecule has 0 saturated carbocycles. The van der Waals surface area contributed by atoms with Gasteiger partial charge in [-0.25, -0.2) is 0 Å². The lowest BCUT2D eigenvalue weighted by Gasteiger charge is -2.18. The van der Waals surface area contributed by atoms with Crippen molar-refractivity contribution < 1.29 is 28.6 Å². The molecule has 0 aromatic rings. The number of carbonyl (C=O) groups is 3. The van der Waals surface area contributed by atoms with Crippen LogP contribution in [0.15, 0.2) is 72.9 Å². The van der Waals surface area contributed by atoms with Crippen molar-refractivity contribution in [1.29, 1.82) is 0 Å². The van der Waals surface area contributed by atoms with Gasteiger partial charge in [-0.15, -0.1) is 0 Å². The lowest BCUT2D eigenvalue weighted by Crippen LogP contribution is -2.30. The first-order chi connectivity index (χ1) is 31.0. The Morgan fingerprint density at radius 1 is 0.333 bits per heavy atom. The van der Waals surface area contributed by atoms with E-state index >= 15 is 0 Å². The Morgan fingerprint density at radius 3 is 1.03 bits per heavy atom. The summed E-state index contributed by atoms with van der Waals surface area (Å²) in [5, 5.41) is 0. The van der Waals surface area contributed by atoms with Crippen LogP contribution in [0.3, 0.4) is 0 Å². The first-order valence-corrected chi connectivity index (χ1v) is 26.4. The average molecular weight is 879 g/mol. The van der Waals surface area contributed by atoms with Gasteiger partial charge in [0.1, 0.15) is 13.2 Å². The van der Waals surface area contributed by atoms with Gasteiger partial charge in [0.25, 0.3) is 0 Å². The highest BCUT2D eigenvalue weighted by atomic mass is 16.6. The number of rotatable bonds is 47. The van der Waals surface area contributed by atoms with Crippen LogP contribution in [-0.2, 0) is 28.6 Å². The van der Waals surface area contributed by atoms with Crippen LogP contribution in [-0.4, -0.2) is 37.2 Å². The van der Waals surface area contributed by atoms with E-state index in [1.807, 2.05) is 0 Å². The van der Waals surface area contributed by atoms with Crippen LogP contribution in [0.1, 0.15) is 252 Å². The van der Waals surface area contributed by atoms with Crippen molar-refractivity contribution in [2.45, 2.75) is 258 Å². The molecule has 63 heavy (non-hydrogen) atoms. The molecule has 0 N–H and O–H groups in total. The molecule has 0 amide bonds. The molecular formula is C57H98O6. The molecule has 1 unspecified atom stereocenters. The summed E-state index contributed by atoms with van der Waals surface area (Å²) in [4.78, 5) is 38.0. The zero-order valence-corrected chi connectivity index (χ0v) is 41.3. The quantitative estimate of drug-likeness (QED) is 0.0262. The Hall–Kier alpha value is -3.15. The van der Waals surface area contributed by atoms with E-state index in [0.717, 1.165) is 96.3 Å². The Labute approximate surface area is 389 Å². The van der Waals surface area contributed by atoms with E-state index < -0.39 is 6.10 Å². The van der Waals surface area contributed by atoms with Crippen molar-refractivity contribution in [1.82, 2.24) is 0 Å². The normalized spacial score (nSPS) is 12.6. The minimum atomic E-state index is -0.796. The first kappa shape index (κ1) is 59.9. The van der Waals surface area contributed by atoms with Gasteiger partial charge in [-0.1, -0.05) is 196 Å². The van der Waals surface area contributed by atoms with Crippen molar-refractivity contribution in [3.63, 3.8) is 0 Å². The molecule has 0 aliphatic heterocycles. The number of unbranched alkanes of at least 4 members (excludes halogenated alkanes) is 24. The summed E-state index contributed by atoms with van der Waals surface area (Å²) in [6.07, 6.45) is 64.5. The third kappa shape index (κ3) is 49.7. The molecule has 0 bridgehead atoms. The minimum absolute atomic E-state index is 0.0931. The molecule has 362 valence electrons.